The molecule has 150 valence electrons. The third kappa shape index (κ3) is 3.54. The van der Waals surface area contributed by atoms with E-state index in [2.05, 4.69) is 25.3 Å². The Morgan fingerprint density at radius 1 is 1.25 bits per heavy atom. The van der Waals surface area contributed by atoms with E-state index >= 15 is 0 Å². The quantitative estimate of drug-likeness (QED) is 0.852. The van der Waals surface area contributed by atoms with Crippen LogP contribution < -0.4 is 9.64 Å². The Hall–Kier alpha value is -2.68. The number of rotatable bonds is 4. The second-order valence-electron chi connectivity index (χ2n) is 7.20. The van der Waals surface area contributed by atoms with Crippen molar-refractivity contribution in [2.24, 2.45) is 0 Å². The van der Waals surface area contributed by atoms with Crippen LogP contribution in [0.3, 0.4) is 0 Å². The fourth-order valence-electron chi connectivity index (χ4n) is 3.85. The lowest BCUT2D eigenvalue weighted by atomic mass is 9.99. The number of amides is 1. The van der Waals surface area contributed by atoms with Gasteiger partial charge in [0.05, 0.1) is 24.5 Å². The minimum Gasteiger partial charge on any atom is -0.477 e. The van der Waals surface area contributed by atoms with E-state index in [0.29, 0.717) is 50.8 Å². The first-order valence-corrected chi connectivity index (χ1v) is 9.80. The maximum absolute atomic E-state index is 13.0. The fraction of sp³-hybridized carbons (Fsp3) is 0.579. The lowest BCUT2D eigenvalue weighted by Gasteiger charge is -2.35. The molecule has 0 bridgehead atoms. The standard InChI is InChI=1S/C19H26N6O3/c1-4-27-16-6-5-15(20-21-16)24-7-9-25(10-8-24)19(26)18-14-11-12(2)28-13(3)17(14)22-23-18/h5-6,12-13H,4,7-11H2,1-3H3,(H,22,23)/t12-,13+/m0/s1. The van der Waals surface area contributed by atoms with Gasteiger partial charge < -0.3 is 19.3 Å². The van der Waals surface area contributed by atoms with E-state index in [9.17, 15) is 4.79 Å². The number of aromatic amines is 1. The topological polar surface area (TPSA) is 96.5 Å². The zero-order valence-electron chi connectivity index (χ0n) is 16.5. The van der Waals surface area contributed by atoms with E-state index in [4.69, 9.17) is 9.47 Å². The highest BCUT2D eigenvalue weighted by atomic mass is 16.5. The number of aromatic nitrogens is 4. The minimum atomic E-state index is -0.0668. The van der Waals surface area contributed by atoms with Gasteiger partial charge in [0, 0.05) is 44.2 Å². The third-order valence-electron chi connectivity index (χ3n) is 5.25. The van der Waals surface area contributed by atoms with Gasteiger partial charge in [0.2, 0.25) is 5.88 Å². The summed E-state index contributed by atoms with van der Waals surface area (Å²) in [5.41, 5.74) is 2.45. The molecule has 0 spiro atoms. The van der Waals surface area contributed by atoms with Gasteiger partial charge in [-0.05, 0) is 26.8 Å². The van der Waals surface area contributed by atoms with Crippen LogP contribution in [0, 0.1) is 0 Å². The van der Waals surface area contributed by atoms with Crippen LogP contribution >= 0.6 is 0 Å². The molecule has 1 fully saturated rings. The summed E-state index contributed by atoms with van der Waals surface area (Å²) in [6.45, 7) is 9.14. The first-order valence-electron chi connectivity index (χ1n) is 9.80. The molecule has 1 saturated heterocycles. The Bertz CT molecular complexity index is 829. The molecule has 4 rings (SSSR count). The molecule has 2 aromatic rings. The zero-order valence-corrected chi connectivity index (χ0v) is 16.5. The molecule has 2 aliphatic heterocycles. The van der Waals surface area contributed by atoms with Crippen molar-refractivity contribution >= 4 is 11.7 Å². The monoisotopic (exact) mass is 386 g/mol. The van der Waals surface area contributed by atoms with Gasteiger partial charge in [-0.15, -0.1) is 10.2 Å². The average molecular weight is 386 g/mol. The number of piperazine rings is 1. The summed E-state index contributed by atoms with van der Waals surface area (Å²) in [6, 6.07) is 3.73. The van der Waals surface area contributed by atoms with Crippen molar-refractivity contribution in [2.45, 2.75) is 39.4 Å². The number of hydrogen-bond acceptors (Lipinski definition) is 7. The second kappa shape index (κ2) is 7.75. The predicted octanol–water partition coefficient (Wildman–Crippen LogP) is 1.58. The van der Waals surface area contributed by atoms with Crippen molar-refractivity contribution < 1.29 is 14.3 Å². The molecule has 0 aliphatic carbocycles. The molecule has 1 N–H and O–H groups in total. The van der Waals surface area contributed by atoms with Crippen molar-refractivity contribution in [1.82, 2.24) is 25.3 Å². The van der Waals surface area contributed by atoms with E-state index in [1.807, 2.05) is 37.8 Å². The number of anilines is 1. The molecular formula is C19H26N6O3. The number of ether oxygens (including phenoxy) is 2. The molecular weight excluding hydrogens is 360 g/mol. The predicted molar refractivity (Wildman–Crippen MR) is 103 cm³/mol. The minimum absolute atomic E-state index is 0.0174. The molecule has 0 aromatic carbocycles. The van der Waals surface area contributed by atoms with Gasteiger partial charge in [-0.3, -0.25) is 9.89 Å². The first kappa shape index (κ1) is 18.7. The van der Waals surface area contributed by atoms with Crippen molar-refractivity contribution in [3.8, 4) is 5.88 Å². The molecule has 2 atom stereocenters. The molecule has 0 saturated carbocycles. The van der Waals surface area contributed by atoms with Gasteiger partial charge in [-0.1, -0.05) is 0 Å². The summed E-state index contributed by atoms with van der Waals surface area (Å²) < 4.78 is 11.1. The van der Waals surface area contributed by atoms with Crippen molar-refractivity contribution in [2.75, 3.05) is 37.7 Å². The van der Waals surface area contributed by atoms with Crippen LogP contribution in [0.2, 0.25) is 0 Å². The first-order chi connectivity index (χ1) is 13.6. The summed E-state index contributed by atoms with van der Waals surface area (Å²) >= 11 is 0. The van der Waals surface area contributed by atoms with Crippen LogP contribution in [0.4, 0.5) is 5.82 Å². The molecule has 1 amide bonds. The van der Waals surface area contributed by atoms with E-state index in [1.165, 1.54) is 0 Å². The van der Waals surface area contributed by atoms with Crippen LogP contribution in [0.5, 0.6) is 5.88 Å². The maximum Gasteiger partial charge on any atom is 0.274 e. The largest absolute Gasteiger partial charge is 0.477 e. The SMILES string of the molecule is CCOc1ccc(N2CCN(C(=O)c3n[nH]c4c3C[C@H](C)O[C@@H]4C)CC2)nn1. The number of carbonyl (C=O) groups excluding carboxylic acids is 1. The van der Waals surface area contributed by atoms with Crippen LogP contribution in [-0.4, -0.2) is 70.1 Å². The number of carbonyl (C=O) groups is 1. The van der Waals surface area contributed by atoms with Gasteiger partial charge in [0.25, 0.3) is 5.91 Å². The molecule has 2 aromatic heterocycles. The van der Waals surface area contributed by atoms with Crippen LogP contribution in [0.1, 0.15) is 48.6 Å². The summed E-state index contributed by atoms with van der Waals surface area (Å²) in [5, 5.41) is 15.6. The van der Waals surface area contributed by atoms with Crippen molar-refractivity contribution in [3.05, 3.63) is 29.1 Å². The number of fused-ring (bicyclic) bond motifs is 1. The van der Waals surface area contributed by atoms with Gasteiger partial charge >= 0.3 is 0 Å². The van der Waals surface area contributed by atoms with Crippen LogP contribution in [0.25, 0.3) is 0 Å². The Labute approximate surface area is 164 Å². The summed E-state index contributed by atoms with van der Waals surface area (Å²) in [5.74, 6) is 1.31. The highest BCUT2D eigenvalue weighted by Crippen LogP contribution is 2.30. The van der Waals surface area contributed by atoms with E-state index < -0.39 is 0 Å². The van der Waals surface area contributed by atoms with E-state index in [1.54, 1.807) is 0 Å². The lowest BCUT2D eigenvalue weighted by molar-refractivity contribution is -0.00702. The van der Waals surface area contributed by atoms with Crippen LogP contribution in [0.15, 0.2) is 12.1 Å². The number of nitrogens with one attached hydrogen (secondary N) is 1. The number of nitrogens with zero attached hydrogens (tertiary/aromatic N) is 5. The molecule has 9 nitrogen and oxygen atoms in total. The van der Waals surface area contributed by atoms with Gasteiger partial charge in [0.1, 0.15) is 0 Å². The molecule has 9 heteroatoms. The molecule has 0 radical (unpaired) electrons. The third-order valence-corrected chi connectivity index (χ3v) is 5.25. The molecule has 0 unspecified atom stereocenters. The maximum atomic E-state index is 13.0. The Morgan fingerprint density at radius 2 is 2.04 bits per heavy atom. The Morgan fingerprint density at radius 3 is 2.71 bits per heavy atom. The summed E-state index contributed by atoms with van der Waals surface area (Å²) in [6.07, 6.45) is 0.725. The van der Waals surface area contributed by atoms with E-state index in [0.717, 1.165) is 17.1 Å². The number of hydrogen-bond donors (Lipinski definition) is 1. The normalized spacial score (nSPS) is 22.1. The number of H-pyrrole nitrogens is 1. The Balaban J connectivity index is 1.41. The highest BCUT2D eigenvalue weighted by Gasteiger charge is 2.32. The molecule has 4 heterocycles. The molecule has 28 heavy (non-hydrogen) atoms. The molecule has 2 aliphatic rings. The van der Waals surface area contributed by atoms with E-state index in [-0.39, 0.29) is 18.1 Å². The van der Waals surface area contributed by atoms with Crippen molar-refractivity contribution in [1.29, 1.82) is 0 Å². The fourth-order valence-corrected chi connectivity index (χ4v) is 3.85. The summed E-state index contributed by atoms with van der Waals surface area (Å²) in [4.78, 5) is 17.0. The highest BCUT2D eigenvalue weighted by molar-refractivity contribution is 5.94. The van der Waals surface area contributed by atoms with Crippen LogP contribution in [-0.2, 0) is 11.2 Å². The van der Waals surface area contributed by atoms with Gasteiger partial charge in [-0.2, -0.15) is 5.10 Å². The van der Waals surface area contributed by atoms with Crippen molar-refractivity contribution in [3.63, 3.8) is 0 Å². The zero-order chi connectivity index (χ0) is 19.7. The smallest absolute Gasteiger partial charge is 0.274 e. The summed E-state index contributed by atoms with van der Waals surface area (Å²) in [7, 11) is 0. The average Bonchev–Trinajstić information content (AvgIpc) is 3.12. The van der Waals surface area contributed by atoms with Gasteiger partial charge in [0.15, 0.2) is 11.5 Å². The van der Waals surface area contributed by atoms with Gasteiger partial charge in [-0.25, -0.2) is 0 Å². The second-order valence-corrected chi connectivity index (χ2v) is 7.20. The Kier molecular flexibility index (Phi) is 5.17. The lowest BCUT2D eigenvalue weighted by Crippen LogP contribution is -2.49.